The molecule has 0 aromatic heterocycles. The largest absolute Gasteiger partial charge is 0.366 e. The topological polar surface area (TPSA) is 144 Å². The molecule has 0 aliphatic carbocycles. The van der Waals surface area contributed by atoms with Gasteiger partial charge in [-0.2, -0.15) is 0 Å². The zero-order valence-corrected chi connectivity index (χ0v) is 17.3. The minimum Gasteiger partial charge on any atom is -0.366 e. The van der Waals surface area contributed by atoms with Crippen molar-refractivity contribution in [3.05, 3.63) is 53.1 Å². The van der Waals surface area contributed by atoms with E-state index >= 15 is 0 Å². The molecule has 0 bridgehead atoms. The van der Waals surface area contributed by atoms with Crippen molar-refractivity contribution in [1.82, 2.24) is 0 Å². The molecule has 1 aliphatic rings. The number of benzene rings is 2. The van der Waals surface area contributed by atoms with Gasteiger partial charge in [0.05, 0.1) is 27.6 Å². The van der Waals surface area contributed by atoms with E-state index in [-0.39, 0.29) is 45.1 Å². The molecule has 3 rings (SSSR count). The fraction of sp³-hybridized carbons (Fsp3) is 0.222. The van der Waals surface area contributed by atoms with Gasteiger partial charge in [0, 0.05) is 6.42 Å². The van der Waals surface area contributed by atoms with Crippen molar-refractivity contribution in [2.75, 3.05) is 14.8 Å². The van der Waals surface area contributed by atoms with Crippen LogP contribution in [0.25, 0.3) is 0 Å². The fourth-order valence-electron chi connectivity index (χ4n) is 3.32. The summed E-state index contributed by atoms with van der Waals surface area (Å²) < 4.78 is 53.3. The first-order valence-electron chi connectivity index (χ1n) is 8.53. The summed E-state index contributed by atoms with van der Waals surface area (Å²) in [5.74, 6) is -1.63. The summed E-state index contributed by atoms with van der Waals surface area (Å²) in [7, 11) is -7.89. The minimum absolute atomic E-state index is 0.0109. The molecule has 0 unspecified atom stereocenters. The second-order valence-electron chi connectivity index (χ2n) is 6.65. The Morgan fingerprint density at radius 1 is 1.14 bits per heavy atom. The Kier molecular flexibility index (Phi) is 5.13. The lowest BCUT2D eigenvalue weighted by Gasteiger charge is -2.19. The number of para-hydroxylation sites is 1. The highest BCUT2D eigenvalue weighted by atomic mass is 32.2. The van der Waals surface area contributed by atoms with Gasteiger partial charge in [0.15, 0.2) is 0 Å². The summed E-state index contributed by atoms with van der Waals surface area (Å²) in [6, 6.07) is 8.58. The number of carbonyl (C=O) groups is 2. The van der Waals surface area contributed by atoms with Gasteiger partial charge < -0.3 is 5.73 Å². The van der Waals surface area contributed by atoms with Crippen molar-refractivity contribution in [3.8, 4) is 0 Å². The van der Waals surface area contributed by atoms with Crippen molar-refractivity contribution < 1.29 is 26.4 Å². The lowest BCUT2D eigenvalue weighted by Crippen LogP contribution is -2.29. The number of amides is 2. The van der Waals surface area contributed by atoms with E-state index in [1.165, 1.54) is 38.1 Å². The Hall–Kier alpha value is -2.92. The summed E-state index contributed by atoms with van der Waals surface area (Å²) in [6.07, 6.45) is -0.119. The van der Waals surface area contributed by atoms with Crippen molar-refractivity contribution in [3.63, 3.8) is 0 Å². The van der Waals surface area contributed by atoms with Gasteiger partial charge in [-0.15, -0.1) is 0 Å². The Bertz CT molecular complexity index is 1210. The third-order valence-corrected chi connectivity index (χ3v) is 7.82. The lowest BCUT2D eigenvalue weighted by molar-refractivity contribution is -0.116. The van der Waals surface area contributed by atoms with Crippen LogP contribution in [0.3, 0.4) is 0 Å². The van der Waals surface area contributed by atoms with Crippen LogP contribution in [0.15, 0.2) is 41.3 Å². The van der Waals surface area contributed by atoms with E-state index in [1.54, 1.807) is 12.1 Å². The summed E-state index contributed by atoms with van der Waals surface area (Å²) in [4.78, 5) is 23.5. The molecule has 1 aliphatic heterocycles. The van der Waals surface area contributed by atoms with Crippen LogP contribution in [-0.4, -0.2) is 34.4 Å². The Balaban J connectivity index is 2.06. The second-order valence-corrected chi connectivity index (χ2v) is 10.2. The van der Waals surface area contributed by atoms with Gasteiger partial charge in [-0.05, 0) is 49.2 Å². The van der Waals surface area contributed by atoms with Gasteiger partial charge >= 0.3 is 0 Å². The fourth-order valence-corrected chi connectivity index (χ4v) is 6.30. The molecule has 1 fully saturated rings. The van der Waals surface area contributed by atoms with Crippen LogP contribution < -0.4 is 14.8 Å². The number of hydrogen-bond acceptors (Lipinski definition) is 6. The Morgan fingerprint density at radius 2 is 1.72 bits per heavy atom. The highest BCUT2D eigenvalue weighted by molar-refractivity contribution is 7.94. The van der Waals surface area contributed by atoms with Crippen LogP contribution in [0, 0.1) is 13.8 Å². The third-order valence-electron chi connectivity index (χ3n) is 4.46. The van der Waals surface area contributed by atoms with E-state index in [0.717, 1.165) is 0 Å². The van der Waals surface area contributed by atoms with Crippen LogP contribution in [0.4, 0.5) is 11.4 Å². The molecule has 0 spiro atoms. The Labute approximate surface area is 168 Å². The number of aryl methyl sites for hydroxylation is 2. The van der Waals surface area contributed by atoms with Gasteiger partial charge in [0.2, 0.25) is 15.9 Å². The van der Waals surface area contributed by atoms with Gasteiger partial charge in [-0.1, -0.05) is 12.1 Å². The zero-order valence-electron chi connectivity index (χ0n) is 15.7. The highest BCUT2D eigenvalue weighted by Crippen LogP contribution is 2.32. The summed E-state index contributed by atoms with van der Waals surface area (Å²) in [5, 5.41) is 0. The predicted octanol–water partition coefficient (Wildman–Crippen LogP) is 1.27. The van der Waals surface area contributed by atoms with Crippen LogP contribution in [0.5, 0.6) is 0 Å². The van der Waals surface area contributed by atoms with Crippen LogP contribution >= 0.6 is 0 Å². The number of hydrogen-bond donors (Lipinski definition) is 2. The molecule has 2 aromatic carbocycles. The zero-order chi connectivity index (χ0) is 21.6. The van der Waals surface area contributed by atoms with Crippen LogP contribution in [0.2, 0.25) is 0 Å². The van der Waals surface area contributed by atoms with Gasteiger partial charge in [0.1, 0.15) is 0 Å². The summed E-state index contributed by atoms with van der Waals surface area (Å²) in [5.41, 5.74) is 5.93. The minimum atomic E-state index is -4.12. The second kappa shape index (κ2) is 7.16. The quantitative estimate of drug-likeness (QED) is 0.721. The number of primary amides is 1. The number of carbonyl (C=O) groups excluding carboxylic acids is 2. The van der Waals surface area contributed by atoms with E-state index < -0.39 is 31.9 Å². The first-order valence-corrected chi connectivity index (χ1v) is 11.6. The molecule has 9 nitrogen and oxygen atoms in total. The number of nitrogens with one attached hydrogen (secondary N) is 1. The van der Waals surface area contributed by atoms with Gasteiger partial charge in [-0.25, -0.2) is 21.1 Å². The van der Waals surface area contributed by atoms with E-state index in [0.29, 0.717) is 4.31 Å². The molecule has 2 aromatic rings. The Morgan fingerprint density at radius 3 is 2.24 bits per heavy atom. The van der Waals surface area contributed by atoms with Crippen molar-refractivity contribution in [2.45, 2.75) is 25.2 Å². The predicted molar refractivity (Wildman–Crippen MR) is 108 cm³/mol. The maximum Gasteiger partial charge on any atom is 0.262 e. The van der Waals surface area contributed by atoms with Crippen LogP contribution in [-0.2, 0) is 24.8 Å². The van der Waals surface area contributed by atoms with E-state index in [4.69, 9.17) is 5.73 Å². The van der Waals surface area contributed by atoms with Gasteiger partial charge in [-0.3, -0.25) is 14.3 Å². The normalized spacial score (nSPS) is 16.1. The maximum absolute atomic E-state index is 13.0. The van der Waals surface area contributed by atoms with Crippen LogP contribution in [0.1, 0.15) is 27.9 Å². The molecule has 0 radical (unpaired) electrons. The lowest BCUT2D eigenvalue weighted by atomic mass is 10.1. The molecule has 29 heavy (non-hydrogen) atoms. The maximum atomic E-state index is 13.0. The summed E-state index contributed by atoms with van der Waals surface area (Å²) in [6.45, 7) is 3.00. The molecule has 0 atom stereocenters. The average Bonchev–Trinajstić information content (AvgIpc) is 2.86. The monoisotopic (exact) mass is 437 g/mol. The molecule has 1 saturated heterocycles. The smallest absolute Gasteiger partial charge is 0.262 e. The number of nitrogens with two attached hydrogens (primary N) is 1. The van der Waals surface area contributed by atoms with E-state index in [1.807, 2.05) is 0 Å². The van der Waals surface area contributed by atoms with E-state index in [2.05, 4.69) is 4.72 Å². The molecule has 11 heteroatoms. The number of rotatable bonds is 5. The molecule has 154 valence electrons. The third kappa shape index (κ3) is 3.83. The first-order chi connectivity index (χ1) is 13.4. The molecule has 1 heterocycles. The van der Waals surface area contributed by atoms with E-state index in [9.17, 15) is 26.4 Å². The highest BCUT2D eigenvalue weighted by Gasteiger charge is 2.37. The molecule has 0 saturated carbocycles. The molecular weight excluding hydrogens is 418 g/mol. The molecule has 2 amide bonds. The van der Waals surface area contributed by atoms with Crippen molar-refractivity contribution in [2.24, 2.45) is 5.73 Å². The van der Waals surface area contributed by atoms with Gasteiger partial charge in [0.25, 0.3) is 15.9 Å². The first kappa shape index (κ1) is 20.8. The number of nitrogens with zero attached hydrogens (tertiary/aromatic N) is 1. The average molecular weight is 437 g/mol. The molecular formula is C18H19N3O6S2. The standard InChI is InChI=1S/C18H19N3O6S2/c1-11-9-13(21-16(22)7-8-28(21,24)25)10-12(2)17(11)29(26,27)20-15-6-4-3-5-14(15)18(19)23/h3-6,9-10,20H,7-8H2,1-2H3,(H2,19,23). The summed E-state index contributed by atoms with van der Waals surface area (Å²) >= 11 is 0. The van der Waals surface area contributed by atoms with Crippen molar-refractivity contribution >= 4 is 43.2 Å². The SMILES string of the molecule is Cc1cc(N2C(=O)CCS2(=O)=O)cc(C)c1S(=O)(=O)Nc1ccccc1C(N)=O. The molecule has 3 N–H and O–H groups in total. The number of anilines is 2. The van der Waals surface area contributed by atoms with Crippen molar-refractivity contribution in [1.29, 1.82) is 0 Å². The number of sulfonamides is 2.